The van der Waals surface area contributed by atoms with Crippen molar-refractivity contribution in [1.82, 2.24) is 5.32 Å². The summed E-state index contributed by atoms with van der Waals surface area (Å²) in [5.74, 6) is 0.372. The fraction of sp³-hybridized carbons (Fsp3) is 0.444. The number of aliphatic hydroxyl groups is 1. The van der Waals surface area contributed by atoms with E-state index in [2.05, 4.69) is 10.6 Å². The Kier molecular flexibility index (Phi) is 3.14. The zero-order valence-corrected chi connectivity index (χ0v) is 8.20. The summed E-state index contributed by atoms with van der Waals surface area (Å²) < 4.78 is 4.92. The van der Waals surface area contributed by atoms with E-state index in [9.17, 15) is 4.79 Å². The molecule has 5 heteroatoms. The van der Waals surface area contributed by atoms with Crippen molar-refractivity contribution in [3.05, 3.63) is 18.4 Å². The standard InChI is InChI=1S/C9H14N2O3/c1-9(2,6-12)11-8(13)10-7-4-3-5-14-7/h3-5,12H,6H2,1-2H3,(H2,10,11,13). The summed E-state index contributed by atoms with van der Waals surface area (Å²) in [7, 11) is 0. The molecular formula is C9H14N2O3. The Morgan fingerprint density at radius 3 is 2.86 bits per heavy atom. The second kappa shape index (κ2) is 4.15. The first-order valence-electron chi connectivity index (χ1n) is 4.27. The van der Waals surface area contributed by atoms with Gasteiger partial charge in [-0.1, -0.05) is 0 Å². The summed E-state index contributed by atoms with van der Waals surface area (Å²) >= 11 is 0. The molecule has 0 saturated carbocycles. The van der Waals surface area contributed by atoms with Gasteiger partial charge in [0.2, 0.25) is 5.88 Å². The fourth-order valence-corrected chi connectivity index (χ4v) is 0.840. The molecule has 1 heterocycles. The van der Waals surface area contributed by atoms with E-state index in [-0.39, 0.29) is 6.61 Å². The highest BCUT2D eigenvalue weighted by Crippen LogP contribution is 2.07. The van der Waals surface area contributed by atoms with Gasteiger partial charge in [-0.3, -0.25) is 5.32 Å². The van der Waals surface area contributed by atoms with Gasteiger partial charge >= 0.3 is 6.03 Å². The second-order valence-electron chi connectivity index (χ2n) is 3.60. The summed E-state index contributed by atoms with van der Waals surface area (Å²) in [6, 6.07) is 2.90. The van der Waals surface area contributed by atoms with Crippen LogP contribution in [0.4, 0.5) is 10.7 Å². The third kappa shape index (κ3) is 3.10. The topological polar surface area (TPSA) is 74.5 Å². The van der Waals surface area contributed by atoms with Crippen LogP contribution in [-0.2, 0) is 0 Å². The van der Waals surface area contributed by atoms with Gasteiger partial charge in [0, 0.05) is 6.07 Å². The molecule has 0 radical (unpaired) electrons. The van der Waals surface area contributed by atoms with Crippen LogP contribution in [0.5, 0.6) is 0 Å². The van der Waals surface area contributed by atoms with Crippen LogP contribution in [0.15, 0.2) is 22.8 Å². The van der Waals surface area contributed by atoms with E-state index < -0.39 is 11.6 Å². The minimum Gasteiger partial charge on any atom is -0.449 e. The van der Waals surface area contributed by atoms with Crippen molar-refractivity contribution in [2.24, 2.45) is 0 Å². The third-order valence-electron chi connectivity index (χ3n) is 1.61. The number of amides is 2. The zero-order valence-electron chi connectivity index (χ0n) is 8.20. The number of hydrogen-bond acceptors (Lipinski definition) is 3. The number of aliphatic hydroxyl groups excluding tert-OH is 1. The van der Waals surface area contributed by atoms with Gasteiger partial charge < -0.3 is 14.8 Å². The maximum Gasteiger partial charge on any atom is 0.322 e. The summed E-state index contributed by atoms with van der Waals surface area (Å²) in [4.78, 5) is 11.3. The van der Waals surface area contributed by atoms with Crippen molar-refractivity contribution in [3.8, 4) is 0 Å². The monoisotopic (exact) mass is 198 g/mol. The molecule has 2 amide bonds. The van der Waals surface area contributed by atoms with E-state index in [1.54, 1.807) is 26.0 Å². The Morgan fingerprint density at radius 1 is 1.64 bits per heavy atom. The molecule has 0 fully saturated rings. The Hall–Kier alpha value is -1.49. The van der Waals surface area contributed by atoms with Crippen LogP contribution < -0.4 is 10.6 Å². The molecule has 1 aromatic rings. The zero-order chi connectivity index (χ0) is 10.6. The average Bonchev–Trinajstić information content (AvgIpc) is 2.55. The van der Waals surface area contributed by atoms with Gasteiger partial charge in [0.25, 0.3) is 0 Å². The molecule has 0 saturated heterocycles. The fourth-order valence-electron chi connectivity index (χ4n) is 0.840. The van der Waals surface area contributed by atoms with Gasteiger partial charge in [-0.05, 0) is 19.9 Å². The molecule has 0 atom stereocenters. The van der Waals surface area contributed by atoms with Gasteiger partial charge in [0.1, 0.15) is 0 Å². The Balaban J connectivity index is 2.44. The second-order valence-corrected chi connectivity index (χ2v) is 3.60. The number of nitrogens with one attached hydrogen (secondary N) is 2. The Labute approximate surface area is 82.1 Å². The lowest BCUT2D eigenvalue weighted by molar-refractivity contribution is 0.187. The van der Waals surface area contributed by atoms with Crippen LogP contribution in [-0.4, -0.2) is 23.3 Å². The smallest absolute Gasteiger partial charge is 0.322 e. The molecule has 0 aliphatic carbocycles. The molecule has 78 valence electrons. The molecule has 0 spiro atoms. The molecule has 14 heavy (non-hydrogen) atoms. The number of anilines is 1. The molecule has 0 aliphatic rings. The number of carbonyl (C=O) groups is 1. The van der Waals surface area contributed by atoms with Crippen LogP contribution in [0.25, 0.3) is 0 Å². The molecule has 1 rings (SSSR count). The summed E-state index contributed by atoms with van der Waals surface area (Å²) in [6.45, 7) is 3.31. The van der Waals surface area contributed by atoms with E-state index in [0.717, 1.165) is 0 Å². The number of rotatable bonds is 3. The predicted octanol–water partition coefficient (Wildman–Crippen LogP) is 1.17. The van der Waals surface area contributed by atoms with Gasteiger partial charge in [0.05, 0.1) is 18.4 Å². The van der Waals surface area contributed by atoms with Crippen molar-refractivity contribution in [3.63, 3.8) is 0 Å². The van der Waals surface area contributed by atoms with Crippen molar-refractivity contribution in [1.29, 1.82) is 0 Å². The van der Waals surface area contributed by atoms with Crippen molar-refractivity contribution in [2.45, 2.75) is 19.4 Å². The van der Waals surface area contributed by atoms with Crippen molar-refractivity contribution < 1.29 is 14.3 Å². The normalized spacial score (nSPS) is 11.1. The number of hydrogen-bond donors (Lipinski definition) is 3. The van der Waals surface area contributed by atoms with Gasteiger partial charge in [-0.2, -0.15) is 0 Å². The first-order chi connectivity index (χ1) is 6.53. The first-order valence-corrected chi connectivity index (χ1v) is 4.27. The molecular weight excluding hydrogens is 184 g/mol. The van der Waals surface area contributed by atoms with Crippen LogP contribution in [0.3, 0.4) is 0 Å². The van der Waals surface area contributed by atoms with Gasteiger partial charge in [-0.25, -0.2) is 4.79 Å². The molecule has 3 N–H and O–H groups in total. The first kappa shape index (κ1) is 10.6. The summed E-state index contributed by atoms with van der Waals surface area (Å²) in [5.41, 5.74) is -0.642. The lowest BCUT2D eigenvalue weighted by atomic mass is 10.1. The summed E-state index contributed by atoms with van der Waals surface area (Å²) in [6.07, 6.45) is 1.47. The highest BCUT2D eigenvalue weighted by atomic mass is 16.3. The van der Waals surface area contributed by atoms with Crippen LogP contribution >= 0.6 is 0 Å². The minimum absolute atomic E-state index is 0.126. The van der Waals surface area contributed by atoms with Crippen molar-refractivity contribution in [2.75, 3.05) is 11.9 Å². The van der Waals surface area contributed by atoms with E-state index in [1.807, 2.05) is 0 Å². The van der Waals surface area contributed by atoms with Crippen molar-refractivity contribution >= 4 is 11.9 Å². The molecule has 0 unspecified atom stereocenters. The average molecular weight is 198 g/mol. The Bertz CT molecular complexity index is 293. The number of furan rings is 1. The summed E-state index contributed by atoms with van der Waals surface area (Å²) in [5, 5.41) is 14.0. The van der Waals surface area contributed by atoms with Crippen LogP contribution in [0, 0.1) is 0 Å². The van der Waals surface area contributed by atoms with E-state index in [4.69, 9.17) is 9.52 Å². The van der Waals surface area contributed by atoms with E-state index >= 15 is 0 Å². The molecule has 0 aliphatic heterocycles. The van der Waals surface area contributed by atoms with Crippen LogP contribution in [0.2, 0.25) is 0 Å². The molecule has 1 aromatic heterocycles. The quantitative estimate of drug-likeness (QED) is 0.682. The highest BCUT2D eigenvalue weighted by Gasteiger charge is 2.19. The predicted molar refractivity (Wildman–Crippen MR) is 52.0 cm³/mol. The third-order valence-corrected chi connectivity index (χ3v) is 1.61. The SMILES string of the molecule is CC(C)(CO)NC(=O)Nc1ccco1. The lowest BCUT2D eigenvalue weighted by Crippen LogP contribution is -2.48. The van der Waals surface area contributed by atoms with Gasteiger partial charge in [-0.15, -0.1) is 0 Å². The number of carbonyl (C=O) groups excluding carboxylic acids is 1. The van der Waals surface area contributed by atoms with Crippen LogP contribution in [0.1, 0.15) is 13.8 Å². The van der Waals surface area contributed by atoms with Gasteiger partial charge in [0.15, 0.2) is 0 Å². The molecule has 5 nitrogen and oxygen atoms in total. The van der Waals surface area contributed by atoms with E-state index in [0.29, 0.717) is 5.88 Å². The minimum atomic E-state index is -0.642. The molecule has 0 aromatic carbocycles. The highest BCUT2D eigenvalue weighted by molar-refractivity contribution is 5.88. The number of urea groups is 1. The maximum absolute atomic E-state index is 11.3. The largest absolute Gasteiger partial charge is 0.449 e. The lowest BCUT2D eigenvalue weighted by Gasteiger charge is -2.22. The maximum atomic E-state index is 11.3. The molecule has 0 bridgehead atoms. The van der Waals surface area contributed by atoms with E-state index in [1.165, 1.54) is 6.26 Å². The Morgan fingerprint density at radius 2 is 2.36 bits per heavy atom.